The van der Waals surface area contributed by atoms with Gasteiger partial charge in [0.1, 0.15) is 5.75 Å². The van der Waals surface area contributed by atoms with E-state index in [2.05, 4.69) is 0 Å². The highest BCUT2D eigenvalue weighted by atomic mass is 32.2. The minimum Gasteiger partial charge on any atom is -0.475 e. The van der Waals surface area contributed by atoms with Crippen LogP contribution in [0.4, 0.5) is 5.69 Å². The number of fused-ring (bicyclic) bond motifs is 1. The molecule has 6 nitrogen and oxygen atoms in total. The molecule has 0 unspecified atom stereocenters. The molecule has 0 fully saturated rings. The van der Waals surface area contributed by atoms with Crippen LogP contribution in [0, 0.1) is 20.8 Å². The van der Waals surface area contributed by atoms with Crippen LogP contribution in [0.1, 0.15) is 16.7 Å². The number of carbonyl (C=O) groups excluding carboxylic acids is 1. The summed E-state index contributed by atoms with van der Waals surface area (Å²) in [5, 5.41) is 0. The van der Waals surface area contributed by atoms with Gasteiger partial charge in [-0.15, -0.1) is 0 Å². The molecule has 138 valence electrons. The molecule has 0 amide bonds. The molecule has 0 bridgehead atoms. The fraction of sp³-hybridized carbons (Fsp3) is 0.316. The lowest BCUT2D eigenvalue weighted by molar-refractivity contribution is -0.148. The molecule has 1 heterocycles. The summed E-state index contributed by atoms with van der Waals surface area (Å²) in [6.07, 6.45) is -1.02. The van der Waals surface area contributed by atoms with Gasteiger partial charge in [0, 0.05) is 0 Å². The number of methoxy groups -OCH3 is 1. The summed E-state index contributed by atoms with van der Waals surface area (Å²) >= 11 is 0. The van der Waals surface area contributed by atoms with E-state index in [1.165, 1.54) is 11.4 Å². The zero-order valence-corrected chi connectivity index (χ0v) is 16.0. The number of aryl methyl sites for hydroxylation is 3. The van der Waals surface area contributed by atoms with Gasteiger partial charge in [-0.25, -0.2) is 13.2 Å². The van der Waals surface area contributed by atoms with Crippen molar-refractivity contribution in [3.8, 4) is 5.75 Å². The summed E-state index contributed by atoms with van der Waals surface area (Å²) in [4.78, 5) is 12.2. The first-order chi connectivity index (χ1) is 12.3. The molecular formula is C19H21NO5S. The molecule has 2 aromatic carbocycles. The predicted octanol–water partition coefficient (Wildman–Crippen LogP) is 2.74. The molecule has 3 rings (SSSR count). The van der Waals surface area contributed by atoms with Crippen molar-refractivity contribution in [1.82, 2.24) is 0 Å². The molecular weight excluding hydrogens is 354 g/mol. The highest BCUT2D eigenvalue weighted by molar-refractivity contribution is 7.93. The van der Waals surface area contributed by atoms with Gasteiger partial charge in [-0.3, -0.25) is 4.31 Å². The largest absolute Gasteiger partial charge is 0.475 e. The fourth-order valence-electron chi connectivity index (χ4n) is 3.37. The van der Waals surface area contributed by atoms with Crippen LogP contribution in [0.15, 0.2) is 41.3 Å². The van der Waals surface area contributed by atoms with Gasteiger partial charge in [-0.05, 0) is 44.0 Å². The second kappa shape index (κ2) is 6.64. The third-order valence-corrected chi connectivity index (χ3v) is 6.44. The van der Waals surface area contributed by atoms with Crippen LogP contribution in [0.25, 0.3) is 0 Å². The SMILES string of the molecule is COC(=O)[C@H]1CN(S(=O)(=O)c2c(C)cc(C)cc2C)c2ccccc2O1. The highest BCUT2D eigenvalue weighted by Gasteiger charge is 2.39. The first-order valence-electron chi connectivity index (χ1n) is 8.20. The molecule has 1 aliphatic rings. The molecule has 7 heteroatoms. The molecule has 0 saturated carbocycles. The Morgan fingerprint density at radius 3 is 2.38 bits per heavy atom. The van der Waals surface area contributed by atoms with Crippen LogP contribution in [-0.2, 0) is 19.6 Å². The minimum absolute atomic E-state index is 0.140. The third-order valence-electron chi connectivity index (χ3n) is 4.35. The monoisotopic (exact) mass is 375 g/mol. The van der Waals surface area contributed by atoms with Gasteiger partial charge in [-0.1, -0.05) is 29.8 Å². The van der Waals surface area contributed by atoms with E-state index in [0.717, 1.165) is 5.56 Å². The van der Waals surface area contributed by atoms with Crippen LogP contribution in [-0.4, -0.2) is 34.1 Å². The maximum atomic E-state index is 13.5. The number of esters is 1. The predicted molar refractivity (Wildman–Crippen MR) is 98.1 cm³/mol. The topological polar surface area (TPSA) is 72.9 Å². The molecule has 2 aromatic rings. The number of hydrogen-bond donors (Lipinski definition) is 0. The number of ether oxygens (including phenoxy) is 2. The molecule has 0 spiro atoms. The van der Waals surface area contributed by atoms with E-state index in [-0.39, 0.29) is 11.4 Å². The summed E-state index contributed by atoms with van der Waals surface area (Å²) < 4.78 is 38.6. The molecule has 26 heavy (non-hydrogen) atoms. The third kappa shape index (κ3) is 3.03. The van der Waals surface area contributed by atoms with Gasteiger partial charge < -0.3 is 9.47 Å². The number of hydrogen-bond acceptors (Lipinski definition) is 5. The van der Waals surface area contributed by atoms with Gasteiger partial charge in [-0.2, -0.15) is 0 Å². The normalized spacial score (nSPS) is 16.6. The average molecular weight is 375 g/mol. The van der Waals surface area contributed by atoms with Crippen molar-refractivity contribution >= 4 is 21.7 Å². The van der Waals surface area contributed by atoms with E-state index in [0.29, 0.717) is 22.6 Å². The Kier molecular flexibility index (Phi) is 4.66. The summed E-state index contributed by atoms with van der Waals surface area (Å²) in [7, 11) is -2.63. The Morgan fingerprint density at radius 2 is 1.77 bits per heavy atom. The van der Waals surface area contributed by atoms with Crippen molar-refractivity contribution in [1.29, 1.82) is 0 Å². The summed E-state index contributed by atoms with van der Waals surface area (Å²) in [6, 6.07) is 10.4. The molecule has 1 atom stereocenters. The lowest BCUT2D eigenvalue weighted by Gasteiger charge is -2.34. The lowest BCUT2D eigenvalue weighted by atomic mass is 10.1. The fourth-order valence-corrected chi connectivity index (χ4v) is 5.26. The number of sulfonamides is 1. The second-order valence-electron chi connectivity index (χ2n) is 6.36. The molecule has 0 N–H and O–H groups in total. The van der Waals surface area contributed by atoms with E-state index < -0.39 is 22.1 Å². The van der Waals surface area contributed by atoms with E-state index in [1.807, 2.05) is 19.1 Å². The van der Waals surface area contributed by atoms with Crippen molar-refractivity contribution in [2.24, 2.45) is 0 Å². The van der Waals surface area contributed by atoms with Crippen LogP contribution in [0.2, 0.25) is 0 Å². The van der Waals surface area contributed by atoms with Gasteiger partial charge in [0.25, 0.3) is 10.0 Å². The molecule has 0 radical (unpaired) electrons. The van der Waals surface area contributed by atoms with Crippen molar-refractivity contribution in [2.75, 3.05) is 18.0 Å². The van der Waals surface area contributed by atoms with E-state index >= 15 is 0 Å². The number of carbonyl (C=O) groups is 1. The lowest BCUT2D eigenvalue weighted by Crippen LogP contribution is -2.47. The van der Waals surface area contributed by atoms with Crippen LogP contribution < -0.4 is 9.04 Å². The van der Waals surface area contributed by atoms with Crippen molar-refractivity contribution in [2.45, 2.75) is 31.8 Å². The zero-order chi connectivity index (χ0) is 19.1. The van der Waals surface area contributed by atoms with E-state index in [9.17, 15) is 13.2 Å². The second-order valence-corrected chi connectivity index (χ2v) is 8.16. The minimum atomic E-state index is -3.88. The van der Waals surface area contributed by atoms with Gasteiger partial charge in [0.15, 0.2) is 0 Å². The number of para-hydroxylation sites is 2. The Morgan fingerprint density at radius 1 is 1.15 bits per heavy atom. The number of benzene rings is 2. The Bertz CT molecular complexity index is 945. The van der Waals surface area contributed by atoms with Crippen LogP contribution >= 0.6 is 0 Å². The number of anilines is 1. The summed E-state index contributed by atoms with van der Waals surface area (Å²) in [5.41, 5.74) is 2.74. The van der Waals surface area contributed by atoms with Gasteiger partial charge in [0.2, 0.25) is 6.10 Å². The summed E-state index contributed by atoms with van der Waals surface area (Å²) in [5.74, 6) is -0.280. The maximum absolute atomic E-state index is 13.5. The quantitative estimate of drug-likeness (QED) is 0.772. The van der Waals surface area contributed by atoms with Gasteiger partial charge >= 0.3 is 5.97 Å². The smallest absolute Gasteiger partial charge is 0.348 e. The first-order valence-corrected chi connectivity index (χ1v) is 9.64. The van der Waals surface area contributed by atoms with Crippen LogP contribution in [0.3, 0.4) is 0 Å². The molecule has 0 aromatic heterocycles. The zero-order valence-electron chi connectivity index (χ0n) is 15.1. The molecule has 0 saturated heterocycles. The Hall–Kier alpha value is -2.54. The molecule has 0 aliphatic carbocycles. The summed E-state index contributed by atoms with van der Waals surface area (Å²) in [6.45, 7) is 5.33. The highest BCUT2D eigenvalue weighted by Crippen LogP contribution is 2.38. The number of nitrogens with zero attached hydrogens (tertiary/aromatic N) is 1. The van der Waals surface area contributed by atoms with E-state index in [1.54, 1.807) is 38.1 Å². The molecule has 1 aliphatic heterocycles. The van der Waals surface area contributed by atoms with Crippen molar-refractivity contribution in [3.05, 3.63) is 53.1 Å². The average Bonchev–Trinajstić information content (AvgIpc) is 2.58. The van der Waals surface area contributed by atoms with Crippen LogP contribution in [0.5, 0.6) is 5.75 Å². The van der Waals surface area contributed by atoms with Gasteiger partial charge in [0.05, 0.1) is 24.2 Å². The van der Waals surface area contributed by atoms with Crippen molar-refractivity contribution < 1.29 is 22.7 Å². The van der Waals surface area contributed by atoms with E-state index in [4.69, 9.17) is 9.47 Å². The Balaban J connectivity index is 2.16. The Labute approximate surface area is 153 Å². The first kappa shape index (κ1) is 18.3. The standard InChI is InChI=1S/C19H21NO5S/c1-12-9-13(2)18(14(3)10-12)26(22,23)20-11-17(19(21)24-4)25-16-8-6-5-7-15(16)20/h5-10,17H,11H2,1-4H3/t17-/m1/s1. The van der Waals surface area contributed by atoms with Crippen molar-refractivity contribution in [3.63, 3.8) is 0 Å². The number of rotatable bonds is 3. The maximum Gasteiger partial charge on any atom is 0.348 e.